The van der Waals surface area contributed by atoms with Gasteiger partial charge in [-0.3, -0.25) is 0 Å². The van der Waals surface area contributed by atoms with Crippen LogP contribution in [0.4, 0.5) is 21.7 Å². The van der Waals surface area contributed by atoms with E-state index in [1.54, 1.807) is 4.90 Å². The molecule has 154 valence electrons. The van der Waals surface area contributed by atoms with E-state index in [9.17, 15) is 0 Å². The molecular formula is C22H28FN5O. The third-order valence-corrected chi connectivity index (χ3v) is 5.76. The van der Waals surface area contributed by atoms with Crippen LogP contribution >= 0.6 is 0 Å². The Bertz CT molecular complexity index is 959. The molecule has 3 heterocycles. The summed E-state index contributed by atoms with van der Waals surface area (Å²) in [5, 5.41) is 6.43. The molecule has 1 atom stereocenters. The van der Waals surface area contributed by atoms with E-state index in [1.165, 1.54) is 0 Å². The summed E-state index contributed by atoms with van der Waals surface area (Å²) >= 11 is 0. The van der Waals surface area contributed by atoms with E-state index < -0.39 is 0 Å². The highest BCUT2D eigenvalue weighted by Crippen LogP contribution is 2.42. The lowest BCUT2D eigenvalue weighted by atomic mass is 9.90. The molecule has 1 unspecified atom stereocenters. The molecule has 0 amide bonds. The molecule has 0 fully saturated rings. The summed E-state index contributed by atoms with van der Waals surface area (Å²) in [6.45, 7) is 2.47. The summed E-state index contributed by atoms with van der Waals surface area (Å²) in [7, 11) is 5.64. The lowest BCUT2D eigenvalue weighted by molar-refractivity contribution is 0.353. The molecule has 2 N–H and O–H groups in total. The Morgan fingerprint density at radius 3 is 2.72 bits per heavy atom. The van der Waals surface area contributed by atoms with Crippen molar-refractivity contribution in [2.75, 3.05) is 38.0 Å². The van der Waals surface area contributed by atoms with E-state index >= 15 is 4.39 Å². The third kappa shape index (κ3) is 3.67. The van der Waals surface area contributed by atoms with Gasteiger partial charge in [-0.25, -0.2) is 14.4 Å². The summed E-state index contributed by atoms with van der Waals surface area (Å²) in [5.74, 6) is 1.22. The summed E-state index contributed by atoms with van der Waals surface area (Å²) in [5.41, 5.74) is 4.19. The number of fused-ring (bicyclic) bond motifs is 1. The average molecular weight is 397 g/mol. The molecule has 1 aliphatic carbocycles. The number of pyridine rings is 2. The minimum absolute atomic E-state index is 0.293. The number of anilines is 3. The number of aryl methyl sites for hydroxylation is 1. The molecule has 4 rings (SSSR count). The molecular weight excluding hydrogens is 369 g/mol. The van der Waals surface area contributed by atoms with Crippen molar-refractivity contribution in [1.82, 2.24) is 15.3 Å². The smallest absolute Gasteiger partial charge is 0.177 e. The predicted octanol–water partition coefficient (Wildman–Crippen LogP) is 3.82. The summed E-state index contributed by atoms with van der Waals surface area (Å²) in [4.78, 5) is 10.9. The molecule has 29 heavy (non-hydrogen) atoms. The lowest BCUT2D eigenvalue weighted by Crippen LogP contribution is -2.26. The van der Waals surface area contributed by atoms with Gasteiger partial charge < -0.3 is 20.3 Å². The third-order valence-electron chi connectivity index (χ3n) is 5.76. The van der Waals surface area contributed by atoms with E-state index in [-0.39, 0.29) is 5.82 Å². The van der Waals surface area contributed by atoms with Gasteiger partial charge in [0.05, 0.1) is 17.9 Å². The first-order valence-electron chi connectivity index (χ1n) is 10.1. The van der Waals surface area contributed by atoms with Crippen LogP contribution in [0.2, 0.25) is 0 Å². The summed E-state index contributed by atoms with van der Waals surface area (Å²) < 4.78 is 21.6. The molecule has 0 radical (unpaired) electrons. The van der Waals surface area contributed by atoms with Crippen molar-refractivity contribution in [3.8, 4) is 5.75 Å². The van der Waals surface area contributed by atoms with Crippen LogP contribution in [0, 0.1) is 12.7 Å². The van der Waals surface area contributed by atoms with E-state index in [4.69, 9.17) is 4.74 Å². The average Bonchev–Trinajstić information content (AvgIpc) is 3.20. The molecule has 1 aliphatic heterocycles. The Kier molecular flexibility index (Phi) is 5.41. The van der Waals surface area contributed by atoms with Crippen molar-refractivity contribution in [2.45, 2.75) is 38.6 Å². The largest absolute Gasteiger partial charge is 0.491 e. The number of hydrogen-bond donors (Lipinski definition) is 2. The first kappa shape index (κ1) is 19.6. The maximum atomic E-state index is 15.8. The molecule has 0 saturated heterocycles. The van der Waals surface area contributed by atoms with Gasteiger partial charge in [0.15, 0.2) is 17.4 Å². The zero-order chi connectivity index (χ0) is 20.5. The number of allylic oxidation sites excluding steroid dienone is 1. The highest BCUT2D eigenvalue weighted by molar-refractivity contribution is 5.77. The highest BCUT2D eigenvalue weighted by atomic mass is 19.1. The molecule has 2 aliphatic rings. The van der Waals surface area contributed by atoms with Gasteiger partial charge in [-0.1, -0.05) is 6.08 Å². The standard InChI is InChI=1S/C22H28FN5O/c1-13-11-16(25-3)12-18(26-13)28(4)22-20(23)19(21-17(27-22)9-10-29-21)14-5-7-15(24-2)8-6-14/h5,11-12,15,24H,6-10H2,1-4H3,(H,25,26). The van der Waals surface area contributed by atoms with Crippen LogP contribution in [0.5, 0.6) is 5.75 Å². The van der Waals surface area contributed by atoms with Crippen molar-refractivity contribution in [1.29, 1.82) is 0 Å². The maximum absolute atomic E-state index is 15.8. The van der Waals surface area contributed by atoms with Gasteiger partial charge in [0, 0.05) is 44.0 Å². The van der Waals surface area contributed by atoms with Gasteiger partial charge in [0.2, 0.25) is 0 Å². The normalized spacial score (nSPS) is 18.1. The topological polar surface area (TPSA) is 62.3 Å². The van der Waals surface area contributed by atoms with E-state index in [0.717, 1.165) is 41.9 Å². The van der Waals surface area contributed by atoms with Crippen molar-refractivity contribution in [3.05, 3.63) is 41.0 Å². The Labute approximate surface area is 171 Å². The fourth-order valence-electron chi connectivity index (χ4n) is 4.07. The van der Waals surface area contributed by atoms with Gasteiger partial charge in [0.25, 0.3) is 0 Å². The molecule has 7 heteroatoms. The number of ether oxygens (including phenoxy) is 1. The Morgan fingerprint density at radius 2 is 2.03 bits per heavy atom. The number of nitrogens with zero attached hydrogens (tertiary/aromatic N) is 3. The monoisotopic (exact) mass is 397 g/mol. The fraction of sp³-hybridized carbons (Fsp3) is 0.455. The highest BCUT2D eigenvalue weighted by Gasteiger charge is 2.30. The van der Waals surface area contributed by atoms with Gasteiger partial charge in [-0.05, 0) is 44.9 Å². The van der Waals surface area contributed by atoms with Crippen LogP contribution < -0.4 is 20.3 Å². The van der Waals surface area contributed by atoms with Crippen molar-refractivity contribution in [3.63, 3.8) is 0 Å². The molecule has 0 saturated carbocycles. The van der Waals surface area contributed by atoms with Crippen LogP contribution in [0.1, 0.15) is 36.2 Å². The zero-order valence-electron chi connectivity index (χ0n) is 17.5. The lowest BCUT2D eigenvalue weighted by Gasteiger charge is -2.25. The van der Waals surface area contributed by atoms with Crippen LogP contribution in [0.3, 0.4) is 0 Å². The predicted molar refractivity (Wildman–Crippen MR) is 115 cm³/mol. The SMILES string of the molecule is CNc1cc(C)nc(N(C)c2nc3c(c(C4=CCC(NC)CC4)c2F)OCC3)c1. The number of rotatable bonds is 5. The summed E-state index contributed by atoms with van der Waals surface area (Å²) in [6, 6.07) is 4.29. The molecule has 0 spiro atoms. The quantitative estimate of drug-likeness (QED) is 0.800. The number of aromatic nitrogens is 2. The second-order valence-corrected chi connectivity index (χ2v) is 7.65. The van der Waals surface area contributed by atoms with E-state index in [0.29, 0.717) is 42.0 Å². The number of hydrogen-bond acceptors (Lipinski definition) is 6. The second-order valence-electron chi connectivity index (χ2n) is 7.65. The van der Waals surface area contributed by atoms with Gasteiger partial charge in [0.1, 0.15) is 5.82 Å². The minimum Gasteiger partial charge on any atom is -0.491 e. The van der Waals surface area contributed by atoms with Crippen molar-refractivity contribution < 1.29 is 9.13 Å². The van der Waals surface area contributed by atoms with Crippen LogP contribution in [-0.4, -0.2) is 43.8 Å². The number of halogens is 1. The Balaban J connectivity index is 1.80. The molecule has 2 aromatic rings. The van der Waals surface area contributed by atoms with Crippen molar-refractivity contribution in [2.24, 2.45) is 0 Å². The maximum Gasteiger partial charge on any atom is 0.177 e. The van der Waals surface area contributed by atoms with Gasteiger partial charge in [-0.15, -0.1) is 0 Å². The van der Waals surface area contributed by atoms with Crippen molar-refractivity contribution >= 4 is 22.9 Å². The van der Waals surface area contributed by atoms with E-state index in [1.807, 2.05) is 40.2 Å². The second kappa shape index (κ2) is 7.99. The summed E-state index contributed by atoms with van der Waals surface area (Å²) in [6.07, 6.45) is 5.52. The molecule has 0 bridgehead atoms. The van der Waals surface area contributed by atoms with Gasteiger partial charge >= 0.3 is 0 Å². The molecule has 2 aromatic heterocycles. The molecule has 0 aromatic carbocycles. The van der Waals surface area contributed by atoms with Gasteiger partial charge in [-0.2, -0.15) is 0 Å². The number of nitrogens with one attached hydrogen (secondary N) is 2. The fourth-order valence-corrected chi connectivity index (χ4v) is 4.07. The van der Waals surface area contributed by atoms with Crippen LogP contribution in [0.15, 0.2) is 18.2 Å². The van der Waals surface area contributed by atoms with E-state index in [2.05, 4.69) is 26.7 Å². The first-order chi connectivity index (χ1) is 14.0. The minimum atomic E-state index is -0.336. The van der Waals surface area contributed by atoms with Crippen LogP contribution in [0.25, 0.3) is 5.57 Å². The van der Waals surface area contributed by atoms with Crippen LogP contribution in [-0.2, 0) is 6.42 Å². The first-order valence-corrected chi connectivity index (χ1v) is 10.1. The zero-order valence-corrected chi connectivity index (χ0v) is 17.5. The molecule has 6 nitrogen and oxygen atoms in total. The Hall–Kier alpha value is -2.67. The Morgan fingerprint density at radius 1 is 1.21 bits per heavy atom.